The highest BCUT2D eigenvalue weighted by Gasteiger charge is 2.17. The van der Waals surface area contributed by atoms with Crippen molar-refractivity contribution in [1.29, 1.82) is 0 Å². The van der Waals surface area contributed by atoms with Gasteiger partial charge in [-0.2, -0.15) is 0 Å². The molecule has 4 aromatic carbocycles. The van der Waals surface area contributed by atoms with Crippen LogP contribution in [0.15, 0.2) is 105 Å². The lowest BCUT2D eigenvalue weighted by Crippen LogP contribution is -2.01. The highest BCUT2D eigenvalue weighted by Crippen LogP contribution is 2.27. The molecule has 13 heteroatoms. The minimum Gasteiger partial charge on any atom is -0.258 e. The second-order valence-corrected chi connectivity index (χ2v) is 10.7. The second-order valence-electron chi connectivity index (χ2n) is 7.93. The summed E-state index contributed by atoms with van der Waals surface area (Å²) in [5, 5.41) is 22.5. The van der Waals surface area contributed by atoms with Gasteiger partial charge in [0, 0.05) is 57.9 Å². The van der Waals surface area contributed by atoms with E-state index < -0.39 is 19.7 Å². The molecule has 196 valence electrons. The van der Waals surface area contributed by atoms with Gasteiger partial charge in [-0.25, -0.2) is 8.42 Å². The molecule has 0 bridgehead atoms. The zero-order valence-corrected chi connectivity index (χ0v) is 22.0. The third kappa shape index (κ3) is 6.52. The molecule has 0 fully saturated rings. The summed E-state index contributed by atoms with van der Waals surface area (Å²) in [7, 11) is -3.85. The van der Waals surface area contributed by atoms with Crippen LogP contribution in [0.1, 0.15) is 11.1 Å². The van der Waals surface area contributed by atoms with Crippen LogP contribution >= 0.6 is 23.2 Å². The lowest BCUT2D eigenvalue weighted by atomic mass is 10.2. The number of rotatable bonds is 8. The van der Waals surface area contributed by atoms with Gasteiger partial charge in [0.1, 0.15) is 0 Å². The van der Waals surface area contributed by atoms with Crippen molar-refractivity contribution in [2.45, 2.75) is 9.79 Å². The molecule has 0 spiro atoms. The Balaban J connectivity index is 1.50. The first-order valence-electron chi connectivity index (χ1n) is 11.0. The van der Waals surface area contributed by atoms with E-state index in [0.29, 0.717) is 22.5 Å². The molecule has 0 heterocycles. The first kappa shape index (κ1) is 27.6. The van der Waals surface area contributed by atoms with Crippen molar-refractivity contribution in [3.8, 4) is 0 Å². The van der Waals surface area contributed by atoms with Gasteiger partial charge >= 0.3 is 0 Å². The molecular weight excluding hydrogens is 567 g/mol. The third-order valence-electron chi connectivity index (χ3n) is 5.38. The number of nitro benzene ring substituents is 2. The smallest absolute Gasteiger partial charge is 0.258 e. The van der Waals surface area contributed by atoms with Gasteiger partial charge in [0.2, 0.25) is 9.84 Å². The molecule has 0 unspecified atom stereocenters. The van der Waals surface area contributed by atoms with Gasteiger partial charge in [0.05, 0.1) is 31.0 Å². The monoisotopic (exact) mass is 582 g/mol. The third-order valence-corrected chi connectivity index (χ3v) is 7.85. The minimum absolute atomic E-state index is 0.0365. The summed E-state index contributed by atoms with van der Waals surface area (Å²) in [6, 6.07) is 19.5. The molecule has 39 heavy (non-hydrogen) atoms. The lowest BCUT2D eigenvalue weighted by molar-refractivity contribution is -0.385. The van der Waals surface area contributed by atoms with Crippen molar-refractivity contribution in [3.05, 3.63) is 126 Å². The van der Waals surface area contributed by atoms with Crippen molar-refractivity contribution in [2.75, 3.05) is 0 Å². The maximum atomic E-state index is 13.1. The SMILES string of the molecule is O=[N+]([O-])c1ccc(Cl)c(/C=N/c2ccc(S(=O)(=O)c3ccc(/N=C/c4cc([N+](=O)[O-])ccc4Cl)cc3)cc2)c1. The molecule has 0 aliphatic carbocycles. The van der Waals surface area contributed by atoms with E-state index in [1.165, 1.54) is 97.4 Å². The molecule has 0 aliphatic heterocycles. The Morgan fingerprint density at radius 2 is 0.974 bits per heavy atom. The molecular formula is C26H16Cl2N4O6S. The second kappa shape index (κ2) is 11.5. The number of halogens is 2. The van der Waals surface area contributed by atoms with Gasteiger partial charge in [0.15, 0.2) is 0 Å². The summed E-state index contributed by atoms with van der Waals surface area (Å²) in [6.07, 6.45) is 2.72. The molecule has 10 nitrogen and oxygen atoms in total. The predicted molar refractivity (Wildman–Crippen MR) is 149 cm³/mol. The largest absolute Gasteiger partial charge is 0.270 e. The average Bonchev–Trinajstić information content (AvgIpc) is 2.92. The maximum absolute atomic E-state index is 13.1. The Labute approximate surface area is 232 Å². The first-order chi connectivity index (χ1) is 18.5. The lowest BCUT2D eigenvalue weighted by Gasteiger charge is -2.06. The van der Waals surface area contributed by atoms with Crippen molar-refractivity contribution in [3.63, 3.8) is 0 Å². The van der Waals surface area contributed by atoms with E-state index in [4.69, 9.17) is 23.2 Å². The van der Waals surface area contributed by atoms with E-state index in [1.807, 2.05) is 0 Å². The standard InChI is InChI=1S/C26H16Cl2N4O6S/c27-25-11-5-21(31(33)34)13-17(25)15-29-19-1-7-23(8-2-19)39(37,38)24-9-3-20(4-10-24)30-16-18-14-22(32(35)36)6-12-26(18)28/h1-16H/b29-15+,30-16+. The fraction of sp³-hybridized carbons (Fsp3) is 0. The van der Waals surface area contributed by atoms with Crippen molar-refractivity contribution >= 4 is 68.2 Å². The van der Waals surface area contributed by atoms with Crippen LogP contribution in [0, 0.1) is 20.2 Å². The van der Waals surface area contributed by atoms with E-state index in [1.54, 1.807) is 0 Å². The Kier molecular flexibility index (Phi) is 8.15. The highest BCUT2D eigenvalue weighted by molar-refractivity contribution is 7.91. The van der Waals surface area contributed by atoms with E-state index >= 15 is 0 Å². The number of benzene rings is 4. The number of hydrogen-bond donors (Lipinski definition) is 0. The number of nitrogens with zero attached hydrogens (tertiary/aromatic N) is 4. The Hall–Kier alpha value is -4.45. The van der Waals surface area contributed by atoms with Gasteiger partial charge in [-0.05, 0) is 60.7 Å². The number of aliphatic imine (C=N–C) groups is 2. The van der Waals surface area contributed by atoms with Crippen LogP contribution in [0.4, 0.5) is 22.7 Å². The number of non-ortho nitro benzene ring substituents is 2. The fourth-order valence-corrected chi connectivity index (χ4v) is 4.93. The van der Waals surface area contributed by atoms with Crippen molar-refractivity contribution in [2.24, 2.45) is 9.98 Å². The summed E-state index contributed by atoms with van der Waals surface area (Å²) in [5.74, 6) is 0. The molecule has 0 aromatic heterocycles. The number of nitro groups is 2. The van der Waals surface area contributed by atoms with Gasteiger partial charge in [-0.15, -0.1) is 0 Å². The first-order valence-corrected chi connectivity index (χ1v) is 13.2. The molecule has 0 N–H and O–H groups in total. The van der Waals surface area contributed by atoms with E-state index in [0.717, 1.165) is 0 Å². The van der Waals surface area contributed by atoms with Gasteiger partial charge in [-0.1, -0.05) is 23.2 Å². The van der Waals surface area contributed by atoms with Crippen LogP contribution in [0.5, 0.6) is 0 Å². The van der Waals surface area contributed by atoms with Crippen LogP contribution in [0.3, 0.4) is 0 Å². The summed E-state index contributed by atoms with van der Waals surface area (Å²) in [6.45, 7) is 0. The van der Waals surface area contributed by atoms with Crippen LogP contribution in [-0.2, 0) is 9.84 Å². The highest BCUT2D eigenvalue weighted by atomic mass is 35.5. The molecule has 0 atom stereocenters. The van der Waals surface area contributed by atoms with E-state index in [2.05, 4.69) is 9.98 Å². The van der Waals surface area contributed by atoms with Crippen LogP contribution in [0.2, 0.25) is 10.0 Å². The number of sulfone groups is 1. The van der Waals surface area contributed by atoms with Gasteiger partial charge in [0.25, 0.3) is 11.4 Å². The van der Waals surface area contributed by atoms with E-state index in [-0.39, 0.29) is 31.2 Å². The number of hydrogen-bond acceptors (Lipinski definition) is 8. The molecule has 0 radical (unpaired) electrons. The normalized spacial score (nSPS) is 11.7. The summed E-state index contributed by atoms with van der Waals surface area (Å²) in [5.41, 5.74) is 1.26. The average molecular weight is 583 g/mol. The van der Waals surface area contributed by atoms with Crippen molar-refractivity contribution in [1.82, 2.24) is 0 Å². The van der Waals surface area contributed by atoms with Crippen LogP contribution < -0.4 is 0 Å². The molecule has 4 rings (SSSR count). The van der Waals surface area contributed by atoms with Crippen LogP contribution in [-0.4, -0.2) is 30.7 Å². The summed E-state index contributed by atoms with van der Waals surface area (Å²) in [4.78, 5) is 29.4. The minimum atomic E-state index is -3.85. The maximum Gasteiger partial charge on any atom is 0.270 e. The molecule has 0 aliphatic rings. The molecule has 0 saturated heterocycles. The fourth-order valence-electron chi connectivity index (χ4n) is 3.33. The van der Waals surface area contributed by atoms with Gasteiger partial charge in [-0.3, -0.25) is 30.2 Å². The molecule has 0 saturated carbocycles. The van der Waals surface area contributed by atoms with Crippen molar-refractivity contribution < 1.29 is 18.3 Å². The Bertz CT molecular complexity index is 1620. The molecule has 4 aromatic rings. The predicted octanol–water partition coefficient (Wildman–Crippen LogP) is 7.14. The zero-order chi connectivity index (χ0) is 28.2. The quantitative estimate of drug-likeness (QED) is 0.122. The Morgan fingerprint density at radius 3 is 1.31 bits per heavy atom. The summed E-state index contributed by atoms with van der Waals surface area (Å²) >= 11 is 12.1. The zero-order valence-electron chi connectivity index (χ0n) is 19.6. The van der Waals surface area contributed by atoms with Crippen LogP contribution in [0.25, 0.3) is 0 Å². The summed E-state index contributed by atoms with van der Waals surface area (Å²) < 4.78 is 26.1. The Morgan fingerprint density at radius 1 is 0.615 bits per heavy atom. The van der Waals surface area contributed by atoms with E-state index in [9.17, 15) is 28.6 Å². The van der Waals surface area contributed by atoms with Gasteiger partial charge < -0.3 is 0 Å². The topological polar surface area (TPSA) is 145 Å². The molecule has 0 amide bonds.